The number of pyridine rings is 1. The van der Waals surface area contributed by atoms with Gasteiger partial charge < -0.3 is 10.1 Å². The standard InChI is InChI=1S/C11H15BrN2O2/c1-3-16-8(2)5-14-11(15)9-4-10(12)7-13-6-9/h4,6-8H,3,5H2,1-2H3,(H,14,15). The molecule has 1 rings (SSSR count). The Kier molecular flexibility index (Phi) is 5.42. The molecule has 1 aromatic heterocycles. The second kappa shape index (κ2) is 6.60. The van der Waals surface area contributed by atoms with Crippen molar-refractivity contribution in [2.45, 2.75) is 20.0 Å². The van der Waals surface area contributed by atoms with Crippen molar-refractivity contribution >= 4 is 21.8 Å². The molecule has 0 saturated heterocycles. The summed E-state index contributed by atoms with van der Waals surface area (Å²) in [4.78, 5) is 15.6. The Morgan fingerprint density at radius 2 is 2.38 bits per heavy atom. The first kappa shape index (κ1) is 13.1. The number of carbonyl (C=O) groups is 1. The maximum absolute atomic E-state index is 11.7. The molecular weight excluding hydrogens is 272 g/mol. The predicted molar refractivity (Wildman–Crippen MR) is 65.4 cm³/mol. The normalized spacial score (nSPS) is 12.2. The first-order valence-corrected chi connectivity index (χ1v) is 5.93. The lowest BCUT2D eigenvalue weighted by molar-refractivity contribution is 0.0695. The summed E-state index contributed by atoms with van der Waals surface area (Å²) >= 11 is 3.27. The van der Waals surface area contributed by atoms with Crippen LogP contribution in [0.1, 0.15) is 24.2 Å². The first-order valence-electron chi connectivity index (χ1n) is 5.13. The van der Waals surface area contributed by atoms with Crippen LogP contribution in [0, 0.1) is 0 Å². The zero-order valence-electron chi connectivity index (χ0n) is 9.37. The number of ether oxygens (including phenoxy) is 1. The van der Waals surface area contributed by atoms with E-state index in [4.69, 9.17) is 4.74 Å². The minimum Gasteiger partial charge on any atom is -0.377 e. The number of hydrogen-bond acceptors (Lipinski definition) is 3. The number of carbonyl (C=O) groups excluding carboxylic acids is 1. The summed E-state index contributed by atoms with van der Waals surface area (Å²) in [6.07, 6.45) is 3.19. The Labute approximate surface area is 104 Å². The van der Waals surface area contributed by atoms with Gasteiger partial charge in [0.05, 0.1) is 11.7 Å². The second-order valence-corrected chi connectivity index (χ2v) is 4.28. The van der Waals surface area contributed by atoms with Crippen molar-refractivity contribution in [2.24, 2.45) is 0 Å². The molecule has 1 heterocycles. The molecule has 1 N–H and O–H groups in total. The number of amides is 1. The van der Waals surface area contributed by atoms with Crippen molar-refractivity contribution < 1.29 is 9.53 Å². The maximum Gasteiger partial charge on any atom is 0.252 e. The van der Waals surface area contributed by atoms with Gasteiger partial charge in [0.25, 0.3) is 5.91 Å². The Morgan fingerprint density at radius 3 is 3.00 bits per heavy atom. The van der Waals surface area contributed by atoms with E-state index in [1.807, 2.05) is 13.8 Å². The molecule has 0 bridgehead atoms. The first-order chi connectivity index (χ1) is 7.63. The topological polar surface area (TPSA) is 51.2 Å². The molecule has 1 atom stereocenters. The van der Waals surface area contributed by atoms with Gasteiger partial charge in [-0.25, -0.2) is 0 Å². The lowest BCUT2D eigenvalue weighted by atomic mass is 10.2. The Morgan fingerprint density at radius 1 is 1.62 bits per heavy atom. The van der Waals surface area contributed by atoms with Crippen LogP contribution in [0.3, 0.4) is 0 Å². The molecule has 0 fully saturated rings. The zero-order valence-corrected chi connectivity index (χ0v) is 11.0. The lowest BCUT2D eigenvalue weighted by Crippen LogP contribution is -2.32. The van der Waals surface area contributed by atoms with Crippen molar-refractivity contribution in [3.05, 3.63) is 28.5 Å². The molecule has 1 amide bonds. The van der Waals surface area contributed by atoms with Gasteiger partial charge in [-0.3, -0.25) is 9.78 Å². The van der Waals surface area contributed by atoms with Gasteiger partial charge in [-0.1, -0.05) is 0 Å². The highest BCUT2D eigenvalue weighted by atomic mass is 79.9. The van der Waals surface area contributed by atoms with Crippen LogP contribution >= 0.6 is 15.9 Å². The summed E-state index contributed by atoms with van der Waals surface area (Å²) in [7, 11) is 0. The Hall–Kier alpha value is -0.940. The molecule has 1 aromatic rings. The van der Waals surface area contributed by atoms with E-state index in [1.165, 1.54) is 6.20 Å². The Balaban J connectivity index is 2.47. The summed E-state index contributed by atoms with van der Waals surface area (Å²) in [5.41, 5.74) is 0.540. The van der Waals surface area contributed by atoms with Crippen LogP contribution in [-0.2, 0) is 4.74 Å². The number of nitrogens with one attached hydrogen (secondary N) is 1. The van der Waals surface area contributed by atoms with Gasteiger partial charge in [-0.05, 0) is 35.8 Å². The summed E-state index contributed by atoms with van der Waals surface area (Å²) in [6.45, 7) is 4.99. The van der Waals surface area contributed by atoms with Crippen molar-refractivity contribution in [3.63, 3.8) is 0 Å². The highest BCUT2D eigenvalue weighted by Gasteiger charge is 2.08. The maximum atomic E-state index is 11.7. The van der Waals surface area contributed by atoms with E-state index in [2.05, 4.69) is 26.2 Å². The van der Waals surface area contributed by atoms with Crippen molar-refractivity contribution in [1.82, 2.24) is 10.3 Å². The molecular formula is C11H15BrN2O2. The lowest BCUT2D eigenvalue weighted by Gasteiger charge is -2.12. The average molecular weight is 287 g/mol. The van der Waals surface area contributed by atoms with Crippen molar-refractivity contribution in [1.29, 1.82) is 0 Å². The number of rotatable bonds is 5. The van der Waals surface area contributed by atoms with Crippen LogP contribution < -0.4 is 5.32 Å². The van der Waals surface area contributed by atoms with Crippen LogP contribution in [-0.4, -0.2) is 30.1 Å². The van der Waals surface area contributed by atoms with Crippen molar-refractivity contribution in [3.8, 4) is 0 Å². The third kappa shape index (κ3) is 4.28. The van der Waals surface area contributed by atoms with Crippen LogP contribution in [0.15, 0.2) is 22.9 Å². The average Bonchev–Trinajstić information content (AvgIpc) is 2.26. The molecule has 0 aliphatic carbocycles. The molecule has 88 valence electrons. The molecule has 0 spiro atoms. The molecule has 0 aliphatic heterocycles. The third-order valence-corrected chi connectivity index (χ3v) is 2.40. The van der Waals surface area contributed by atoms with E-state index in [1.54, 1.807) is 12.3 Å². The minimum atomic E-state index is -0.139. The van der Waals surface area contributed by atoms with Gasteiger partial charge in [-0.2, -0.15) is 0 Å². The molecule has 0 radical (unpaired) electrons. The highest BCUT2D eigenvalue weighted by molar-refractivity contribution is 9.10. The van der Waals surface area contributed by atoms with E-state index < -0.39 is 0 Å². The molecule has 0 aliphatic rings. The highest BCUT2D eigenvalue weighted by Crippen LogP contribution is 2.09. The monoisotopic (exact) mass is 286 g/mol. The van der Waals surface area contributed by atoms with Crippen LogP contribution in [0.5, 0.6) is 0 Å². The fourth-order valence-corrected chi connectivity index (χ4v) is 1.58. The molecule has 1 unspecified atom stereocenters. The number of hydrogen-bond donors (Lipinski definition) is 1. The van der Waals surface area contributed by atoms with Crippen LogP contribution in [0.2, 0.25) is 0 Å². The van der Waals surface area contributed by atoms with Crippen LogP contribution in [0.25, 0.3) is 0 Å². The van der Waals surface area contributed by atoms with Gasteiger partial charge in [0, 0.05) is 30.0 Å². The van der Waals surface area contributed by atoms with Gasteiger partial charge >= 0.3 is 0 Å². The number of aromatic nitrogens is 1. The minimum absolute atomic E-state index is 0.0223. The van der Waals surface area contributed by atoms with E-state index in [0.29, 0.717) is 18.7 Å². The van der Waals surface area contributed by atoms with E-state index in [0.717, 1.165) is 4.47 Å². The van der Waals surface area contributed by atoms with E-state index >= 15 is 0 Å². The van der Waals surface area contributed by atoms with Gasteiger partial charge in [0.15, 0.2) is 0 Å². The van der Waals surface area contributed by atoms with Crippen molar-refractivity contribution in [2.75, 3.05) is 13.2 Å². The quantitative estimate of drug-likeness (QED) is 0.901. The smallest absolute Gasteiger partial charge is 0.252 e. The summed E-state index contributed by atoms with van der Waals surface area (Å²) in [6, 6.07) is 1.73. The summed E-state index contributed by atoms with van der Waals surface area (Å²) < 4.78 is 6.10. The number of nitrogens with zero attached hydrogens (tertiary/aromatic N) is 1. The largest absolute Gasteiger partial charge is 0.377 e. The van der Waals surface area contributed by atoms with E-state index in [9.17, 15) is 4.79 Å². The Bertz CT molecular complexity index is 358. The predicted octanol–water partition coefficient (Wildman–Crippen LogP) is 2.00. The van der Waals surface area contributed by atoms with Gasteiger partial charge in [-0.15, -0.1) is 0 Å². The zero-order chi connectivity index (χ0) is 12.0. The summed E-state index contributed by atoms with van der Waals surface area (Å²) in [5, 5.41) is 2.79. The molecule has 4 nitrogen and oxygen atoms in total. The second-order valence-electron chi connectivity index (χ2n) is 3.37. The fourth-order valence-electron chi connectivity index (χ4n) is 1.22. The van der Waals surface area contributed by atoms with Gasteiger partial charge in [0.1, 0.15) is 0 Å². The number of halogens is 1. The summed E-state index contributed by atoms with van der Waals surface area (Å²) in [5.74, 6) is -0.139. The molecule has 5 heteroatoms. The third-order valence-electron chi connectivity index (χ3n) is 1.97. The fraction of sp³-hybridized carbons (Fsp3) is 0.455. The van der Waals surface area contributed by atoms with Crippen LogP contribution in [0.4, 0.5) is 0 Å². The van der Waals surface area contributed by atoms with E-state index in [-0.39, 0.29) is 12.0 Å². The molecule has 0 aromatic carbocycles. The molecule has 0 saturated carbocycles. The SMILES string of the molecule is CCOC(C)CNC(=O)c1cncc(Br)c1. The molecule has 16 heavy (non-hydrogen) atoms. The van der Waals surface area contributed by atoms with Gasteiger partial charge in [0.2, 0.25) is 0 Å².